The average molecular weight is 377 g/mol. The van der Waals surface area contributed by atoms with Gasteiger partial charge in [-0.2, -0.15) is 0 Å². The average Bonchev–Trinajstić information content (AvgIpc) is 3.16. The topological polar surface area (TPSA) is 79.4 Å². The molecule has 0 bridgehead atoms. The van der Waals surface area contributed by atoms with Crippen molar-refractivity contribution in [3.63, 3.8) is 0 Å². The number of carboxylic acids is 1. The Morgan fingerprint density at radius 3 is 2.54 bits per heavy atom. The number of aromatic carboxylic acids is 1. The van der Waals surface area contributed by atoms with Crippen molar-refractivity contribution < 1.29 is 19.4 Å². The van der Waals surface area contributed by atoms with E-state index in [9.17, 15) is 14.7 Å². The fourth-order valence-corrected chi connectivity index (χ4v) is 4.58. The van der Waals surface area contributed by atoms with Crippen LogP contribution in [-0.4, -0.2) is 29.5 Å². The molecule has 1 aliphatic rings. The lowest BCUT2D eigenvalue weighted by molar-refractivity contribution is 0.0697. The molecule has 5 heteroatoms. The van der Waals surface area contributed by atoms with Crippen molar-refractivity contribution >= 4 is 23.2 Å². The van der Waals surface area contributed by atoms with Gasteiger partial charge >= 0.3 is 5.97 Å². The lowest BCUT2D eigenvalue weighted by Crippen LogP contribution is -2.17. The minimum absolute atomic E-state index is 0.248. The van der Waals surface area contributed by atoms with Gasteiger partial charge < -0.3 is 14.8 Å². The largest absolute Gasteiger partial charge is 0.497 e. The van der Waals surface area contributed by atoms with Crippen LogP contribution in [-0.2, 0) is 0 Å². The number of methoxy groups -OCH3 is 1. The highest BCUT2D eigenvalue weighted by atomic mass is 16.5. The van der Waals surface area contributed by atoms with E-state index in [0.717, 1.165) is 48.4 Å². The predicted octanol–water partition coefficient (Wildman–Crippen LogP) is 5.13. The zero-order valence-electron chi connectivity index (χ0n) is 15.8. The van der Waals surface area contributed by atoms with Crippen LogP contribution < -0.4 is 4.74 Å². The van der Waals surface area contributed by atoms with Gasteiger partial charge in [0, 0.05) is 22.7 Å². The first-order chi connectivity index (χ1) is 13.6. The van der Waals surface area contributed by atoms with Crippen molar-refractivity contribution in [3.8, 4) is 5.75 Å². The summed E-state index contributed by atoms with van der Waals surface area (Å²) in [6, 6.07) is 11.0. The first-order valence-electron chi connectivity index (χ1n) is 9.60. The Bertz CT molecular complexity index is 1040. The molecule has 144 valence electrons. The molecular formula is C23H23NO4. The molecule has 2 atom stereocenters. The molecule has 5 nitrogen and oxygen atoms in total. The SMILES string of the molecule is COc1ccc(C2CCCCC2c2c[nH]c3cc(C(=O)O)ccc23)c(C=O)c1. The van der Waals surface area contributed by atoms with E-state index in [4.69, 9.17) is 4.74 Å². The van der Waals surface area contributed by atoms with Crippen molar-refractivity contribution in [1.29, 1.82) is 0 Å². The van der Waals surface area contributed by atoms with Crippen LogP contribution >= 0.6 is 0 Å². The quantitative estimate of drug-likeness (QED) is 0.604. The summed E-state index contributed by atoms with van der Waals surface area (Å²) in [5, 5.41) is 10.3. The van der Waals surface area contributed by atoms with Gasteiger partial charge in [0.25, 0.3) is 0 Å². The van der Waals surface area contributed by atoms with Crippen molar-refractivity contribution in [2.24, 2.45) is 0 Å². The molecular weight excluding hydrogens is 354 g/mol. The highest BCUT2D eigenvalue weighted by Crippen LogP contribution is 2.47. The first-order valence-corrected chi connectivity index (χ1v) is 9.60. The summed E-state index contributed by atoms with van der Waals surface area (Å²) in [6.07, 6.45) is 7.27. The van der Waals surface area contributed by atoms with Crippen LogP contribution in [0.1, 0.15) is 69.4 Å². The van der Waals surface area contributed by atoms with Crippen LogP contribution in [0.25, 0.3) is 10.9 Å². The van der Waals surface area contributed by atoms with Gasteiger partial charge in [-0.15, -0.1) is 0 Å². The highest BCUT2D eigenvalue weighted by molar-refractivity contribution is 5.94. The molecule has 1 aliphatic carbocycles. The molecule has 0 aliphatic heterocycles. The number of ether oxygens (including phenoxy) is 1. The van der Waals surface area contributed by atoms with Gasteiger partial charge in [-0.25, -0.2) is 4.79 Å². The molecule has 0 saturated heterocycles. The molecule has 0 radical (unpaired) electrons. The van der Waals surface area contributed by atoms with E-state index in [2.05, 4.69) is 4.98 Å². The van der Waals surface area contributed by atoms with E-state index in [1.165, 1.54) is 5.56 Å². The van der Waals surface area contributed by atoms with Gasteiger partial charge in [-0.1, -0.05) is 25.0 Å². The molecule has 2 N–H and O–H groups in total. The second-order valence-corrected chi connectivity index (χ2v) is 7.42. The number of hydrogen-bond acceptors (Lipinski definition) is 3. The monoisotopic (exact) mass is 377 g/mol. The third-order valence-corrected chi connectivity index (χ3v) is 5.95. The maximum atomic E-state index is 11.7. The van der Waals surface area contributed by atoms with Crippen LogP contribution in [0.2, 0.25) is 0 Å². The maximum absolute atomic E-state index is 11.7. The van der Waals surface area contributed by atoms with Crippen molar-refractivity contribution in [2.45, 2.75) is 37.5 Å². The zero-order valence-corrected chi connectivity index (χ0v) is 15.8. The minimum Gasteiger partial charge on any atom is -0.497 e. The van der Waals surface area contributed by atoms with Gasteiger partial charge in [0.2, 0.25) is 0 Å². The Labute approximate surface area is 163 Å². The minimum atomic E-state index is -0.928. The Balaban J connectivity index is 1.77. The molecule has 2 aromatic carbocycles. The van der Waals surface area contributed by atoms with E-state index in [1.54, 1.807) is 19.2 Å². The first kappa shape index (κ1) is 18.3. The summed E-state index contributed by atoms with van der Waals surface area (Å²) < 4.78 is 5.27. The van der Waals surface area contributed by atoms with Crippen LogP contribution in [0.15, 0.2) is 42.6 Å². The maximum Gasteiger partial charge on any atom is 0.335 e. The normalized spacial score (nSPS) is 19.5. The van der Waals surface area contributed by atoms with Crippen LogP contribution in [0.3, 0.4) is 0 Å². The number of hydrogen-bond donors (Lipinski definition) is 2. The number of fused-ring (bicyclic) bond motifs is 1. The third-order valence-electron chi connectivity index (χ3n) is 5.95. The zero-order chi connectivity index (χ0) is 19.7. The number of aldehydes is 1. The number of H-pyrrole nitrogens is 1. The van der Waals surface area contributed by atoms with E-state index in [1.807, 2.05) is 30.5 Å². The molecule has 3 aromatic rings. The van der Waals surface area contributed by atoms with E-state index >= 15 is 0 Å². The lowest BCUT2D eigenvalue weighted by Gasteiger charge is -2.33. The summed E-state index contributed by atoms with van der Waals surface area (Å²) >= 11 is 0. The Morgan fingerprint density at radius 1 is 1.11 bits per heavy atom. The van der Waals surface area contributed by atoms with Gasteiger partial charge in [0.05, 0.1) is 12.7 Å². The van der Waals surface area contributed by atoms with Crippen LogP contribution in [0.4, 0.5) is 0 Å². The molecule has 1 fully saturated rings. The van der Waals surface area contributed by atoms with Crippen molar-refractivity contribution in [2.75, 3.05) is 7.11 Å². The van der Waals surface area contributed by atoms with Gasteiger partial charge in [-0.3, -0.25) is 4.79 Å². The Morgan fingerprint density at radius 2 is 1.86 bits per heavy atom. The van der Waals surface area contributed by atoms with E-state index < -0.39 is 5.97 Å². The number of nitrogens with one attached hydrogen (secondary N) is 1. The second-order valence-electron chi connectivity index (χ2n) is 7.42. The Kier molecular flexibility index (Phi) is 4.90. The van der Waals surface area contributed by atoms with Crippen LogP contribution in [0, 0.1) is 0 Å². The van der Waals surface area contributed by atoms with E-state index in [-0.39, 0.29) is 17.4 Å². The summed E-state index contributed by atoms with van der Waals surface area (Å²) in [5.41, 5.74) is 4.06. The van der Waals surface area contributed by atoms with Gasteiger partial charge in [-0.05, 0) is 60.1 Å². The summed E-state index contributed by atoms with van der Waals surface area (Å²) in [6.45, 7) is 0. The fraction of sp³-hybridized carbons (Fsp3) is 0.304. The molecule has 28 heavy (non-hydrogen) atoms. The van der Waals surface area contributed by atoms with E-state index in [0.29, 0.717) is 11.3 Å². The second kappa shape index (κ2) is 7.50. The lowest BCUT2D eigenvalue weighted by atomic mass is 9.71. The number of carboxylic acid groups (broad SMARTS) is 1. The third kappa shape index (κ3) is 3.17. The van der Waals surface area contributed by atoms with Gasteiger partial charge in [0.1, 0.15) is 12.0 Å². The molecule has 4 rings (SSSR count). The summed E-state index contributed by atoms with van der Waals surface area (Å²) in [7, 11) is 1.60. The fourth-order valence-electron chi connectivity index (χ4n) is 4.58. The number of carbonyl (C=O) groups excluding carboxylic acids is 1. The standard InChI is InChI=1S/C23H23NO4/c1-28-16-7-9-17(15(10-16)13-25)18-4-2-3-5-19(18)21-12-24-22-11-14(23(26)27)6-8-20(21)22/h6-13,18-19,24H,2-5H2,1H3,(H,26,27). The van der Waals surface area contributed by atoms with Crippen LogP contribution in [0.5, 0.6) is 5.75 Å². The number of benzene rings is 2. The Hall–Kier alpha value is -3.08. The number of aromatic amines is 1. The molecule has 0 spiro atoms. The predicted molar refractivity (Wildman–Crippen MR) is 108 cm³/mol. The molecule has 1 saturated carbocycles. The molecule has 1 aromatic heterocycles. The van der Waals surface area contributed by atoms with Crippen molar-refractivity contribution in [3.05, 3.63) is 64.8 Å². The molecule has 2 unspecified atom stereocenters. The molecule has 1 heterocycles. The number of carbonyl (C=O) groups is 2. The highest BCUT2D eigenvalue weighted by Gasteiger charge is 2.31. The smallest absolute Gasteiger partial charge is 0.335 e. The number of aromatic nitrogens is 1. The number of rotatable bonds is 5. The van der Waals surface area contributed by atoms with Gasteiger partial charge in [0.15, 0.2) is 0 Å². The van der Waals surface area contributed by atoms with Crippen molar-refractivity contribution in [1.82, 2.24) is 4.98 Å². The summed E-state index contributed by atoms with van der Waals surface area (Å²) in [5.74, 6) is 0.289. The summed E-state index contributed by atoms with van der Waals surface area (Å²) in [4.78, 5) is 26.2. The molecule has 0 amide bonds.